The van der Waals surface area contributed by atoms with Gasteiger partial charge in [-0.05, 0) is 24.0 Å². The molecule has 1 aromatic carbocycles. The van der Waals surface area contributed by atoms with Crippen LogP contribution in [0.25, 0.3) is 0 Å². The molecule has 1 saturated carbocycles. The van der Waals surface area contributed by atoms with Crippen LogP contribution in [0.5, 0.6) is 0 Å². The Bertz CT molecular complexity index is 508. The molecule has 1 aliphatic carbocycles. The van der Waals surface area contributed by atoms with Gasteiger partial charge in [0.05, 0.1) is 6.42 Å². The van der Waals surface area contributed by atoms with Gasteiger partial charge in [-0.3, -0.25) is 4.79 Å². The average molecular weight is 276 g/mol. The molecule has 0 saturated heterocycles. The fourth-order valence-electron chi connectivity index (χ4n) is 2.78. The van der Waals surface area contributed by atoms with Gasteiger partial charge in [-0.15, -0.1) is 0 Å². The Kier molecular flexibility index (Phi) is 4.39. The fourth-order valence-corrected chi connectivity index (χ4v) is 2.78. The molecule has 20 heavy (non-hydrogen) atoms. The van der Waals surface area contributed by atoms with Crippen LogP contribution in [0.4, 0.5) is 0 Å². The lowest BCUT2D eigenvalue weighted by molar-refractivity contribution is -0.147. The fraction of sp³-hybridized carbons (Fsp3) is 0.467. The molecule has 0 spiro atoms. The van der Waals surface area contributed by atoms with Gasteiger partial charge >= 0.3 is 5.97 Å². The van der Waals surface area contributed by atoms with Crippen molar-refractivity contribution in [3.63, 3.8) is 0 Å². The van der Waals surface area contributed by atoms with E-state index in [1.807, 2.05) is 24.3 Å². The van der Waals surface area contributed by atoms with E-state index in [0.717, 1.165) is 24.0 Å². The van der Waals surface area contributed by atoms with Crippen molar-refractivity contribution in [2.75, 3.05) is 0 Å². The molecule has 1 fully saturated rings. The third-order valence-electron chi connectivity index (χ3n) is 3.93. The van der Waals surface area contributed by atoms with E-state index in [-0.39, 0.29) is 12.3 Å². The van der Waals surface area contributed by atoms with Crippen LogP contribution in [0, 0.1) is 0 Å². The Morgan fingerprint density at radius 3 is 2.35 bits per heavy atom. The first-order chi connectivity index (χ1) is 9.57. The van der Waals surface area contributed by atoms with Gasteiger partial charge in [0, 0.05) is 6.54 Å². The molecule has 2 rings (SSSR count). The van der Waals surface area contributed by atoms with E-state index in [0.29, 0.717) is 19.4 Å². The van der Waals surface area contributed by atoms with Crippen molar-refractivity contribution in [3.05, 3.63) is 35.4 Å². The molecule has 5 nitrogen and oxygen atoms in total. The Labute approximate surface area is 118 Å². The van der Waals surface area contributed by atoms with E-state index in [4.69, 9.17) is 5.73 Å². The lowest BCUT2D eigenvalue weighted by Crippen LogP contribution is -2.53. The quantitative estimate of drug-likeness (QED) is 0.753. The molecule has 0 heterocycles. The highest BCUT2D eigenvalue weighted by molar-refractivity contribution is 5.88. The molecule has 108 valence electrons. The molecule has 0 aliphatic heterocycles. The van der Waals surface area contributed by atoms with E-state index in [1.165, 1.54) is 0 Å². The van der Waals surface area contributed by atoms with Crippen molar-refractivity contribution < 1.29 is 14.7 Å². The second-order valence-electron chi connectivity index (χ2n) is 5.29. The monoisotopic (exact) mass is 276 g/mol. The predicted molar refractivity (Wildman–Crippen MR) is 75.0 cm³/mol. The average Bonchev–Trinajstić information content (AvgIpc) is 2.89. The van der Waals surface area contributed by atoms with E-state index < -0.39 is 11.5 Å². The molecule has 1 amide bonds. The van der Waals surface area contributed by atoms with Crippen molar-refractivity contribution in [3.8, 4) is 0 Å². The molecule has 4 N–H and O–H groups in total. The maximum atomic E-state index is 12.1. The summed E-state index contributed by atoms with van der Waals surface area (Å²) in [6.07, 6.45) is 2.86. The van der Waals surface area contributed by atoms with Crippen LogP contribution in [-0.4, -0.2) is 22.5 Å². The molecule has 0 aromatic heterocycles. The van der Waals surface area contributed by atoms with Crippen molar-refractivity contribution >= 4 is 11.9 Å². The summed E-state index contributed by atoms with van der Waals surface area (Å²) in [5.74, 6) is -1.19. The highest BCUT2D eigenvalue weighted by Gasteiger charge is 2.42. The first-order valence-electron chi connectivity index (χ1n) is 6.89. The zero-order valence-corrected chi connectivity index (χ0v) is 11.4. The summed E-state index contributed by atoms with van der Waals surface area (Å²) in [5.41, 5.74) is 6.33. The van der Waals surface area contributed by atoms with Gasteiger partial charge in [0.2, 0.25) is 5.91 Å². The van der Waals surface area contributed by atoms with E-state index in [2.05, 4.69) is 5.32 Å². The number of carbonyl (C=O) groups is 2. The number of amides is 1. The van der Waals surface area contributed by atoms with Gasteiger partial charge in [-0.25, -0.2) is 4.79 Å². The highest BCUT2D eigenvalue weighted by atomic mass is 16.4. The summed E-state index contributed by atoms with van der Waals surface area (Å²) in [7, 11) is 0. The molecular weight excluding hydrogens is 256 g/mol. The number of hydrogen-bond donors (Lipinski definition) is 3. The Hall–Kier alpha value is -1.88. The van der Waals surface area contributed by atoms with Crippen LogP contribution in [0.15, 0.2) is 24.3 Å². The first-order valence-corrected chi connectivity index (χ1v) is 6.89. The summed E-state index contributed by atoms with van der Waals surface area (Å²) < 4.78 is 0. The molecule has 1 aliphatic rings. The molecule has 5 heteroatoms. The smallest absolute Gasteiger partial charge is 0.329 e. The number of nitrogens with two attached hydrogens (primary N) is 1. The summed E-state index contributed by atoms with van der Waals surface area (Å²) in [4.78, 5) is 23.5. The van der Waals surface area contributed by atoms with E-state index in [1.54, 1.807) is 0 Å². The zero-order chi connectivity index (χ0) is 14.6. The molecule has 0 atom stereocenters. The predicted octanol–water partition coefficient (Wildman–Crippen LogP) is 1.20. The third-order valence-corrected chi connectivity index (χ3v) is 3.93. The van der Waals surface area contributed by atoms with Crippen molar-refractivity contribution in [2.45, 2.75) is 44.2 Å². The maximum absolute atomic E-state index is 12.1. The minimum atomic E-state index is -1.07. The summed E-state index contributed by atoms with van der Waals surface area (Å²) in [5, 5.41) is 12.1. The third kappa shape index (κ3) is 2.99. The van der Waals surface area contributed by atoms with Gasteiger partial charge < -0.3 is 16.2 Å². The lowest BCUT2D eigenvalue weighted by atomic mass is 9.96. The van der Waals surface area contributed by atoms with Crippen molar-refractivity contribution in [1.82, 2.24) is 5.32 Å². The first kappa shape index (κ1) is 14.5. The van der Waals surface area contributed by atoms with Crippen LogP contribution in [0.2, 0.25) is 0 Å². The number of carboxylic acid groups (broad SMARTS) is 1. The number of nitrogens with one attached hydrogen (secondary N) is 1. The van der Waals surface area contributed by atoms with Crippen LogP contribution < -0.4 is 11.1 Å². The summed E-state index contributed by atoms with van der Waals surface area (Å²) in [6.45, 7) is 0.369. The van der Waals surface area contributed by atoms with Crippen LogP contribution in [0.1, 0.15) is 36.8 Å². The second kappa shape index (κ2) is 6.05. The normalized spacial score (nSPS) is 16.9. The lowest BCUT2D eigenvalue weighted by Gasteiger charge is -2.25. The van der Waals surface area contributed by atoms with Gasteiger partial charge in [-0.1, -0.05) is 37.1 Å². The summed E-state index contributed by atoms with van der Waals surface area (Å²) >= 11 is 0. The van der Waals surface area contributed by atoms with Crippen molar-refractivity contribution in [1.29, 1.82) is 0 Å². The molecular formula is C15H20N2O3. The molecule has 0 unspecified atom stereocenters. The van der Waals surface area contributed by atoms with E-state index in [9.17, 15) is 14.7 Å². The number of hydrogen-bond acceptors (Lipinski definition) is 3. The Morgan fingerprint density at radius 2 is 1.80 bits per heavy atom. The van der Waals surface area contributed by atoms with E-state index >= 15 is 0 Å². The number of rotatable bonds is 5. The Balaban J connectivity index is 2.07. The molecule has 0 bridgehead atoms. The largest absolute Gasteiger partial charge is 0.480 e. The second-order valence-corrected chi connectivity index (χ2v) is 5.29. The van der Waals surface area contributed by atoms with Crippen LogP contribution in [0.3, 0.4) is 0 Å². The van der Waals surface area contributed by atoms with Gasteiger partial charge in [0.1, 0.15) is 5.54 Å². The number of aliphatic carboxylic acids is 1. The standard InChI is InChI=1S/C15H20N2O3/c16-10-12-6-2-1-5-11(12)9-13(18)17-15(14(19)20)7-3-4-8-15/h1-2,5-6H,3-4,7-10,16H2,(H,17,18)(H,19,20). The minimum Gasteiger partial charge on any atom is -0.480 e. The molecule has 0 radical (unpaired) electrons. The van der Waals surface area contributed by atoms with Gasteiger partial charge in [0.15, 0.2) is 0 Å². The Morgan fingerprint density at radius 1 is 1.20 bits per heavy atom. The molecule has 1 aromatic rings. The number of carbonyl (C=O) groups excluding carboxylic acids is 1. The minimum absolute atomic E-state index is 0.169. The van der Waals surface area contributed by atoms with Gasteiger partial charge in [0.25, 0.3) is 0 Å². The van der Waals surface area contributed by atoms with Crippen LogP contribution >= 0.6 is 0 Å². The topological polar surface area (TPSA) is 92.4 Å². The maximum Gasteiger partial charge on any atom is 0.329 e. The van der Waals surface area contributed by atoms with Crippen LogP contribution in [-0.2, 0) is 22.6 Å². The summed E-state index contributed by atoms with van der Waals surface area (Å²) in [6, 6.07) is 7.46. The number of carboxylic acids is 1. The van der Waals surface area contributed by atoms with Crippen molar-refractivity contribution in [2.24, 2.45) is 5.73 Å². The SMILES string of the molecule is NCc1ccccc1CC(=O)NC1(C(=O)O)CCCC1. The number of benzene rings is 1. The highest BCUT2D eigenvalue weighted by Crippen LogP contribution is 2.30. The zero-order valence-electron chi connectivity index (χ0n) is 11.4. The van der Waals surface area contributed by atoms with Gasteiger partial charge in [-0.2, -0.15) is 0 Å².